The van der Waals surface area contributed by atoms with Crippen LogP contribution in [0, 0.1) is 0 Å². The Labute approximate surface area is 222 Å². The number of hydrogen-bond acceptors (Lipinski definition) is 5. The summed E-state index contributed by atoms with van der Waals surface area (Å²) in [5.41, 5.74) is 4.99. The van der Waals surface area contributed by atoms with E-state index in [9.17, 15) is 15.0 Å². The lowest BCUT2D eigenvalue weighted by molar-refractivity contribution is 0.0697. The van der Waals surface area contributed by atoms with Crippen molar-refractivity contribution in [1.29, 1.82) is 0 Å². The summed E-state index contributed by atoms with van der Waals surface area (Å²) in [4.78, 5) is 11.8. The van der Waals surface area contributed by atoms with Crippen LogP contribution in [-0.2, 0) is 6.42 Å². The Balaban J connectivity index is 1.20. The zero-order valence-electron chi connectivity index (χ0n) is 21.0. The second-order valence-corrected chi connectivity index (χ2v) is 9.47. The maximum atomic E-state index is 11.8. The molecule has 4 aromatic carbocycles. The van der Waals surface area contributed by atoms with E-state index >= 15 is 0 Å². The number of carboxylic acid groups (broad SMARTS) is 1. The molecule has 0 aromatic heterocycles. The number of aliphatic hydroxyl groups is 1. The average Bonchev–Trinajstić information content (AvgIpc) is 2.96. The number of fused-ring (bicyclic) bond motifs is 1. The minimum atomic E-state index is -0.940. The molecule has 3 N–H and O–H groups in total. The number of benzene rings is 4. The van der Waals surface area contributed by atoms with Crippen molar-refractivity contribution in [3.63, 3.8) is 0 Å². The van der Waals surface area contributed by atoms with Crippen LogP contribution in [0.3, 0.4) is 0 Å². The molecule has 1 aliphatic heterocycles. The lowest BCUT2D eigenvalue weighted by Crippen LogP contribution is -2.39. The zero-order valence-corrected chi connectivity index (χ0v) is 21.0. The molecule has 4 aromatic rings. The van der Waals surface area contributed by atoms with Crippen LogP contribution in [0.25, 0.3) is 22.3 Å². The van der Waals surface area contributed by atoms with Crippen LogP contribution < -0.4 is 14.8 Å². The van der Waals surface area contributed by atoms with E-state index in [2.05, 4.69) is 11.4 Å². The van der Waals surface area contributed by atoms with Crippen LogP contribution in [0.5, 0.6) is 11.5 Å². The van der Waals surface area contributed by atoms with E-state index in [0.29, 0.717) is 18.7 Å². The number of ether oxygens (including phenoxy) is 2. The molecule has 0 unspecified atom stereocenters. The highest BCUT2D eigenvalue weighted by Gasteiger charge is 2.21. The van der Waals surface area contributed by atoms with Crippen molar-refractivity contribution < 1.29 is 24.5 Å². The van der Waals surface area contributed by atoms with E-state index < -0.39 is 12.1 Å². The minimum absolute atomic E-state index is 0.0233. The zero-order chi connectivity index (χ0) is 26.3. The first-order valence-corrected chi connectivity index (χ1v) is 12.9. The molecule has 0 amide bonds. The van der Waals surface area contributed by atoms with Crippen LogP contribution in [0.4, 0.5) is 0 Å². The predicted octanol–water partition coefficient (Wildman–Crippen LogP) is 5.44. The first-order valence-electron chi connectivity index (χ1n) is 12.9. The third kappa shape index (κ3) is 6.22. The lowest BCUT2D eigenvalue weighted by atomic mass is 9.92. The molecule has 0 spiro atoms. The highest BCUT2D eigenvalue weighted by molar-refractivity contribution is 5.97. The Bertz CT molecular complexity index is 1370. The molecule has 0 saturated carbocycles. The molecule has 6 nitrogen and oxygen atoms in total. The molecular formula is C32H31NO5. The maximum absolute atomic E-state index is 11.8. The number of nitrogens with one attached hydrogen (secondary N) is 1. The van der Waals surface area contributed by atoms with E-state index in [0.717, 1.165) is 46.6 Å². The summed E-state index contributed by atoms with van der Waals surface area (Å²) in [5, 5.41) is 23.2. The quantitative estimate of drug-likeness (QED) is 0.264. The Morgan fingerprint density at radius 1 is 0.921 bits per heavy atom. The van der Waals surface area contributed by atoms with Gasteiger partial charge in [-0.05, 0) is 77.1 Å². The Morgan fingerprint density at radius 3 is 2.39 bits per heavy atom. The van der Waals surface area contributed by atoms with Crippen molar-refractivity contribution in [1.82, 2.24) is 5.32 Å². The van der Waals surface area contributed by atoms with E-state index in [1.54, 1.807) is 6.07 Å². The van der Waals surface area contributed by atoms with Gasteiger partial charge in [0.25, 0.3) is 0 Å². The molecule has 194 valence electrons. The second kappa shape index (κ2) is 11.9. The number of carboxylic acids is 1. The number of aliphatic hydroxyl groups excluding tert-OH is 1. The van der Waals surface area contributed by atoms with Gasteiger partial charge in [0.15, 0.2) is 0 Å². The van der Waals surface area contributed by atoms with Crippen molar-refractivity contribution in [2.45, 2.75) is 25.0 Å². The number of rotatable bonds is 10. The number of para-hydroxylation sites is 1. The SMILES string of the molecule is O=C(O)c1ccc(-c2ccc3c(c2)CC[C@@H](CNC[C@H](O)COc2ccccc2)O3)cc1-c1ccccc1. The first kappa shape index (κ1) is 25.5. The molecule has 0 aliphatic carbocycles. The molecular weight excluding hydrogens is 478 g/mol. The molecule has 0 fully saturated rings. The van der Waals surface area contributed by atoms with Crippen LogP contribution in [0.2, 0.25) is 0 Å². The van der Waals surface area contributed by atoms with Gasteiger partial charge in [-0.3, -0.25) is 0 Å². The third-order valence-corrected chi connectivity index (χ3v) is 6.70. The summed E-state index contributed by atoms with van der Waals surface area (Å²) in [6.45, 7) is 1.29. The summed E-state index contributed by atoms with van der Waals surface area (Å²) in [6, 6.07) is 30.7. The second-order valence-electron chi connectivity index (χ2n) is 9.47. The molecule has 6 heteroatoms. The molecule has 0 radical (unpaired) electrons. The number of aromatic carboxylic acids is 1. The molecule has 2 atom stereocenters. The summed E-state index contributed by atoms with van der Waals surface area (Å²) >= 11 is 0. The van der Waals surface area contributed by atoms with Gasteiger partial charge >= 0.3 is 5.97 Å². The molecule has 38 heavy (non-hydrogen) atoms. The van der Waals surface area contributed by atoms with Gasteiger partial charge in [-0.2, -0.15) is 0 Å². The van der Waals surface area contributed by atoms with Gasteiger partial charge in [0.2, 0.25) is 0 Å². The summed E-state index contributed by atoms with van der Waals surface area (Å²) in [5.74, 6) is 0.669. The first-order chi connectivity index (χ1) is 18.6. The monoisotopic (exact) mass is 509 g/mol. The van der Waals surface area contributed by atoms with Gasteiger partial charge < -0.3 is 25.0 Å². The fourth-order valence-electron chi connectivity index (χ4n) is 4.71. The van der Waals surface area contributed by atoms with Crippen LogP contribution >= 0.6 is 0 Å². The largest absolute Gasteiger partial charge is 0.491 e. The van der Waals surface area contributed by atoms with Crippen molar-refractivity contribution >= 4 is 5.97 Å². The molecule has 0 saturated heterocycles. The van der Waals surface area contributed by atoms with Gasteiger partial charge in [0.1, 0.15) is 30.3 Å². The lowest BCUT2D eigenvalue weighted by Gasteiger charge is -2.27. The fraction of sp³-hybridized carbons (Fsp3) is 0.219. The van der Waals surface area contributed by atoms with Gasteiger partial charge in [0, 0.05) is 13.1 Å². The van der Waals surface area contributed by atoms with Gasteiger partial charge in [0.05, 0.1) is 5.56 Å². The van der Waals surface area contributed by atoms with Gasteiger partial charge in [-0.15, -0.1) is 0 Å². The Hall–Kier alpha value is -4.13. The Morgan fingerprint density at radius 2 is 1.63 bits per heavy atom. The van der Waals surface area contributed by atoms with E-state index in [1.165, 1.54) is 0 Å². The highest BCUT2D eigenvalue weighted by Crippen LogP contribution is 2.34. The molecule has 5 rings (SSSR count). The summed E-state index contributed by atoms with van der Waals surface area (Å²) in [7, 11) is 0. The normalized spacial score (nSPS) is 15.2. The van der Waals surface area contributed by atoms with E-state index in [4.69, 9.17) is 9.47 Å². The molecule has 1 heterocycles. The van der Waals surface area contributed by atoms with Crippen LogP contribution in [0.1, 0.15) is 22.3 Å². The average molecular weight is 510 g/mol. The van der Waals surface area contributed by atoms with E-state index in [1.807, 2.05) is 84.9 Å². The smallest absolute Gasteiger partial charge is 0.336 e. The number of aryl methyl sites for hydroxylation is 1. The van der Waals surface area contributed by atoms with Crippen LogP contribution in [-0.4, -0.2) is 48.1 Å². The van der Waals surface area contributed by atoms with Gasteiger partial charge in [-0.1, -0.05) is 60.7 Å². The maximum Gasteiger partial charge on any atom is 0.336 e. The van der Waals surface area contributed by atoms with Crippen LogP contribution in [0.15, 0.2) is 97.1 Å². The van der Waals surface area contributed by atoms with Crippen molar-refractivity contribution in [2.75, 3.05) is 19.7 Å². The van der Waals surface area contributed by atoms with Crippen molar-refractivity contribution in [2.24, 2.45) is 0 Å². The number of hydrogen-bond donors (Lipinski definition) is 3. The molecule has 1 aliphatic rings. The molecule has 0 bridgehead atoms. The highest BCUT2D eigenvalue weighted by atomic mass is 16.5. The number of carbonyl (C=O) groups is 1. The standard InChI is InChI=1S/C32H31NO5/c34-26(21-37-27-9-5-2-6-10-27)19-33-20-28-14-11-25-17-23(13-16-31(25)38-28)24-12-15-29(32(35)36)30(18-24)22-7-3-1-4-8-22/h1-10,12-13,15-18,26,28,33-34H,11,14,19-21H2,(H,35,36)/t26-,28-/m0/s1. The summed E-state index contributed by atoms with van der Waals surface area (Å²) in [6.07, 6.45) is 1.17. The predicted molar refractivity (Wildman–Crippen MR) is 148 cm³/mol. The van der Waals surface area contributed by atoms with Gasteiger partial charge in [-0.25, -0.2) is 4.79 Å². The Kier molecular flexibility index (Phi) is 8.02. The summed E-state index contributed by atoms with van der Waals surface area (Å²) < 4.78 is 11.8. The van der Waals surface area contributed by atoms with E-state index in [-0.39, 0.29) is 18.3 Å². The fourth-order valence-corrected chi connectivity index (χ4v) is 4.71. The van der Waals surface area contributed by atoms with Crippen molar-refractivity contribution in [3.05, 3.63) is 108 Å². The third-order valence-electron chi connectivity index (χ3n) is 6.70. The minimum Gasteiger partial charge on any atom is -0.491 e. The topological polar surface area (TPSA) is 88.0 Å². The van der Waals surface area contributed by atoms with Crippen molar-refractivity contribution in [3.8, 4) is 33.8 Å².